The lowest BCUT2D eigenvalue weighted by molar-refractivity contribution is -0.130. The molecule has 1 aliphatic rings. The highest BCUT2D eigenvalue weighted by Gasteiger charge is 2.33. The summed E-state index contributed by atoms with van der Waals surface area (Å²) in [7, 11) is 0. The van der Waals surface area contributed by atoms with Gasteiger partial charge in [0.2, 0.25) is 5.84 Å². The molecule has 0 fully saturated rings. The minimum Gasteiger partial charge on any atom is -0.508 e. The number of phenolic OH excluding ortho intramolecular Hbond substituents is 1. The van der Waals surface area contributed by atoms with E-state index in [9.17, 15) is 14.7 Å². The van der Waals surface area contributed by atoms with E-state index in [0.717, 1.165) is 0 Å². The minimum absolute atomic E-state index is 0.160. The van der Waals surface area contributed by atoms with Crippen molar-refractivity contribution >= 4 is 23.5 Å². The first-order chi connectivity index (χ1) is 8.50. The largest absolute Gasteiger partial charge is 0.508 e. The van der Waals surface area contributed by atoms with Crippen LogP contribution in [-0.2, 0) is 9.59 Å². The smallest absolute Gasteiger partial charge is 0.373 e. The van der Waals surface area contributed by atoms with E-state index < -0.39 is 29.5 Å². The van der Waals surface area contributed by atoms with Gasteiger partial charge in [0.25, 0.3) is 0 Å². The second-order valence-corrected chi connectivity index (χ2v) is 3.52. The quantitative estimate of drug-likeness (QED) is 0.717. The number of carbonyl (C=O) groups is 2. The molecule has 0 bridgehead atoms. The number of hydrogen-bond donors (Lipinski definition) is 3. The number of phenols is 1. The van der Waals surface area contributed by atoms with Gasteiger partial charge in [-0.3, -0.25) is 0 Å². The Morgan fingerprint density at radius 3 is 2.33 bits per heavy atom. The monoisotopic (exact) mass is 248 g/mol. The van der Waals surface area contributed by atoms with Gasteiger partial charge >= 0.3 is 11.9 Å². The van der Waals surface area contributed by atoms with E-state index in [4.69, 9.17) is 10.2 Å². The van der Waals surface area contributed by atoms with Crippen LogP contribution in [0, 0.1) is 0 Å². The first kappa shape index (κ1) is 11.8. The molecule has 1 atom stereocenters. The third-order valence-electron chi connectivity index (χ3n) is 2.38. The number of carboxylic acid groups (broad SMARTS) is 2. The predicted octanol–water partition coefficient (Wildman–Crippen LogP) is 0.456. The number of nitrogens with zero attached hydrogens (tertiary/aromatic N) is 2. The summed E-state index contributed by atoms with van der Waals surface area (Å²) in [5.41, 5.74) is -0.219. The summed E-state index contributed by atoms with van der Waals surface area (Å²) < 4.78 is 0. The molecule has 0 spiro atoms. The molecule has 1 heterocycles. The minimum atomic E-state index is -1.41. The number of hydrogen-bond acceptors (Lipinski definition) is 5. The van der Waals surface area contributed by atoms with Crippen LogP contribution in [0.15, 0.2) is 34.3 Å². The molecule has 0 aromatic heterocycles. The molecular formula is C11H8N2O5. The van der Waals surface area contributed by atoms with E-state index in [2.05, 4.69) is 9.98 Å². The topological polar surface area (TPSA) is 120 Å². The summed E-state index contributed by atoms with van der Waals surface area (Å²) >= 11 is 0. The van der Waals surface area contributed by atoms with Crippen molar-refractivity contribution in [3.63, 3.8) is 0 Å². The SMILES string of the molecule is O=C(O)C1=NC(c2ccccc2O)C(C(=O)O)=N1. The van der Waals surface area contributed by atoms with Gasteiger partial charge in [0, 0.05) is 5.56 Å². The van der Waals surface area contributed by atoms with Crippen LogP contribution in [0.25, 0.3) is 0 Å². The summed E-state index contributed by atoms with van der Waals surface area (Å²) in [4.78, 5) is 28.9. The number of amidine groups is 1. The Kier molecular flexibility index (Phi) is 2.80. The Labute approximate surface area is 101 Å². The van der Waals surface area contributed by atoms with Gasteiger partial charge in [-0.2, -0.15) is 0 Å². The van der Waals surface area contributed by atoms with Crippen molar-refractivity contribution in [1.29, 1.82) is 0 Å². The van der Waals surface area contributed by atoms with E-state index in [-0.39, 0.29) is 11.3 Å². The molecule has 0 aliphatic carbocycles. The van der Waals surface area contributed by atoms with Crippen molar-refractivity contribution in [2.24, 2.45) is 9.98 Å². The molecule has 0 amide bonds. The zero-order chi connectivity index (χ0) is 13.3. The fraction of sp³-hybridized carbons (Fsp3) is 0.0909. The highest BCUT2D eigenvalue weighted by molar-refractivity contribution is 6.48. The van der Waals surface area contributed by atoms with E-state index in [1.165, 1.54) is 12.1 Å². The Morgan fingerprint density at radius 2 is 1.78 bits per heavy atom. The van der Waals surface area contributed by atoms with Gasteiger partial charge < -0.3 is 15.3 Å². The Hall–Kier alpha value is -2.70. The first-order valence-corrected chi connectivity index (χ1v) is 4.91. The van der Waals surface area contributed by atoms with Crippen molar-refractivity contribution < 1.29 is 24.9 Å². The summed E-state index contributed by atoms with van der Waals surface area (Å²) in [5, 5.41) is 27.3. The molecule has 0 radical (unpaired) electrons. The maximum absolute atomic E-state index is 11.0. The second-order valence-electron chi connectivity index (χ2n) is 3.52. The number of benzene rings is 1. The second kappa shape index (κ2) is 4.28. The summed E-state index contributed by atoms with van der Waals surface area (Å²) in [6.45, 7) is 0. The number of rotatable bonds is 3. The van der Waals surface area contributed by atoms with E-state index in [0.29, 0.717) is 0 Å². The third-order valence-corrected chi connectivity index (χ3v) is 2.38. The highest BCUT2D eigenvalue weighted by Crippen LogP contribution is 2.30. The van der Waals surface area contributed by atoms with Gasteiger partial charge in [0.1, 0.15) is 11.8 Å². The zero-order valence-corrected chi connectivity index (χ0v) is 8.94. The molecular weight excluding hydrogens is 240 g/mol. The maximum Gasteiger partial charge on any atom is 0.373 e. The maximum atomic E-state index is 11.0. The highest BCUT2D eigenvalue weighted by atomic mass is 16.4. The molecule has 18 heavy (non-hydrogen) atoms. The summed E-state index contributed by atoms with van der Waals surface area (Å²) in [5.74, 6) is -3.53. The standard InChI is InChI=1S/C11H8N2O5/c14-6-4-2-1-3-5(6)7-8(10(15)16)13-9(12-7)11(17)18/h1-4,7,14H,(H,15,16)(H,17,18). The summed E-state index contributed by atoms with van der Waals surface area (Å²) in [6, 6.07) is 4.88. The van der Waals surface area contributed by atoms with Crippen molar-refractivity contribution in [3.8, 4) is 5.75 Å². The number of para-hydroxylation sites is 1. The van der Waals surface area contributed by atoms with E-state index >= 15 is 0 Å². The molecule has 2 rings (SSSR count). The van der Waals surface area contributed by atoms with Crippen molar-refractivity contribution in [3.05, 3.63) is 29.8 Å². The normalized spacial score (nSPS) is 18.1. The van der Waals surface area contributed by atoms with Gasteiger partial charge in [0.15, 0.2) is 5.71 Å². The van der Waals surface area contributed by atoms with Crippen LogP contribution in [-0.4, -0.2) is 38.8 Å². The summed E-state index contributed by atoms with van der Waals surface area (Å²) in [6.07, 6.45) is 0. The third kappa shape index (κ3) is 1.93. The van der Waals surface area contributed by atoms with Crippen LogP contribution in [0.1, 0.15) is 11.6 Å². The van der Waals surface area contributed by atoms with E-state index in [1.807, 2.05) is 0 Å². The lowest BCUT2D eigenvalue weighted by Gasteiger charge is -2.09. The van der Waals surface area contributed by atoms with Crippen LogP contribution in [0.2, 0.25) is 0 Å². The van der Waals surface area contributed by atoms with Gasteiger partial charge in [-0.15, -0.1) is 0 Å². The number of aromatic hydroxyl groups is 1. The molecule has 1 aromatic rings. The van der Waals surface area contributed by atoms with Crippen LogP contribution >= 0.6 is 0 Å². The zero-order valence-electron chi connectivity index (χ0n) is 8.94. The van der Waals surface area contributed by atoms with Gasteiger partial charge in [-0.05, 0) is 6.07 Å². The van der Waals surface area contributed by atoms with Crippen molar-refractivity contribution in [2.75, 3.05) is 0 Å². The average molecular weight is 248 g/mol. The average Bonchev–Trinajstić information content (AvgIpc) is 2.74. The Morgan fingerprint density at radius 1 is 1.11 bits per heavy atom. The molecule has 1 unspecified atom stereocenters. The molecule has 0 saturated carbocycles. The Bertz CT molecular complexity index is 591. The van der Waals surface area contributed by atoms with Crippen LogP contribution in [0.3, 0.4) is 0 Å². The lowest BCUT2D eigenvalue weighted by Crippen LogP contribution is -2.18. The molecule has 1 aromatic carbocycles. The molecule has 7 heteroatoms. The molecule has 0 saturated heterocycles. The molecule has 7 nitrogen and oxygen atoms in total. The van der Waals surface area contributed by atoms with Crippen LogP contribution in [0.4, 0.5) is 0 Å². The van der Waals surface area contributed by atoms with Crippen LogP contribution in [0.5, 0.6) is 5.75 Å². The fourth-order valence-corrected chi connectivity index (χ4v) is 1.59. The molecule has 1 aliphatic heterocycles. The van der Waals surface area contributed by atoms with Gasteiger partial charge in [0.05, 0.1) is 0 Å². The van der Waals surface area contributed by atoms with E-state index in [1.54, 1.807) is 12.1 Å². The van der Waals surface area contributed by atoms with Crippen LogP contribution < -0.4 is 0 Å². The molecule has 3 N–H and O–H groups in total. The molecule has 92 valence electrons. The van der Waals surface area contributed by atoms with Gasteiger partial charge in [-0.25, -0.2) is 19.6 Å². The number of aliphatic imine (C=N–C) groups is 2. The Balaban J connectivity index is 2.50. The van der Waals surface area contributed by atoms with Gasteiger partial charge in [-0.1, -0.05) is 18.2 Å². The van der Waals surface area contributed by atoms with Crippen molar-refractivity contribution in [2.45, 2.75) is 6.04 Å². The lowest BCUT2D eigenvalue weighted by atomic mass is 10.0. The number of carboxylic acids is 2. The first-order valence-electron chi connectivity index (χ1n) is 4.91. The predicted molar refractivity (Wildman–Crippen MR) is 61.0 cm³/mol. The van der Waals surface area contributed by atoms with Crippen molar-refractivity contribution in [1.82, 2.24) is 0 Å². The fourth-order valence-electron chi connectivity index (χ4n) is 1.59. The number of aliphatic carboxylic acids is 2.